The van der Waals surface area contributed by atoms with Gasteiger partial charge in [-0.1, -0.05) is 12.1 Å². The van der Waals surface area contributed by atoms with E-state index >= 15 is 0 Å². The molecule has 1 aromatic carbocycles. The van der Waals surface area contributed by atoms with Crippen LogP contribution in [0.5, 0.6) is 0 Å². The van der Waals surface area contributed by atoms with Crippen LogP contribution in [-0.2, 0) is 11.2 Å². The van der Waals surface area contributed by atoms with Crippen LogP contribution < -0.4 is 11.1 Å². The van der Waals surface area contributed by atoms with Gasteiger partial charge in [0.2, 0.25) is 5.91 Å². The molecule has 2 aromatic rings. The Morgan fingerprint density at radius 3 is 2.61 bits per heavy atom. The van der Waals surface area contributed by atoms with Crippen LogP contribution in [0.3, 0.4) is 0 Å². The van der Waals surface area contributed by atoms with Gasteiger partial charge in [0, 0.05) is 31.0 Å². The van der Waals surface area contributed by atoms with E-state index in [-0.39, 0.29) is 5.91 Å². The Labute approximate surface area is 135 Å². The Balaban J connectivity index is 1.48. The number of carbonyl (C=O) groups is 1. The second-order valence-electron chi connectivity index (χ2n) is 5.83. The Morgan fingerprint density at radius 2 is 1.96 bits per heavy atom. The number of nitrogens with zero attached hydrogens (tertiary/aromatic N) is 3. The molecule has 1 fully saturated rings. The molecule has 6 heteroatoms. The van der Waals surface area contributed by atoms with Crippen molar-refractivity contribution in [3.63, 3.8) is 0 Å². The molecule has 0 aliphatic carbocycles. The first-order chi connectivity index (χ1) is 11.2. The van der Waals surface area contributed by atoms with E-state index in [9.17, 15) is 4.79 Å². The molecule has 1 aliphatic heterocycles. The summed E-state index contributed by atoms with van der Waals surface area (Å²) in [7, 11) is 0. The fourth-order valence-corrected chi connectivity index (χ4v) is 2.78. The smallest absolute Gasteiger partial charge is 0.226 e. The molecular formula is C17H21N5O. The number of nitrogens with one attached hydrogen (secondary N) is 1. The molecular weight excluding hydrogens is 290 g/mol. The lowest BCUT2D eigenvalue weighted by Gasteiger charge is -2.32. The molecule has 3 rings (SSSR count). The lowest BCUT2D eigenvalue weighted by Crippen LogP contribution is -2.43. The maximum atomic E-state index is 12.4. The highest BCUT2D eigenvalue weighted by Gasteiger charge is 2.22. The highest BCUT2D eigenvalue weighted by Crippen LogP contribution is 2.16. The molecule has 0 radical (unpaired) electrons. The third kappa shape index (κ3) is 4.18. The average Bonchev–Trinajstić information content (AvgIpc) is 2.58. The summed E-state index contributed by atoms with van der Waals surface area (Å²) in [6, 6.07) is 11.6. The zero-order valence-corrected chi connectivity index (χ0v) is 13.0. The van der Waals surface area contributed by atoms with Gasteiger partial charge in [-0.3, -0.25) is 4.79 Å². The molecule has 1 aliphatic rings. The van der Waals surface area contributed by atoms with Crippen molar-refractivity contribution in [2.45, 2.75) is 25.3 Å². The van der Waals surface area contributed by atoms with Crippen molar-refractivity contribution in [3.05, 3.63) is 48.2 Å². The van der Waals surface area contributed by atoms with Crippen LogP contribution in [0.15, 0.2) is 42.6 Å². The summed E-state index contributed by atoms with van der Waals surface area (Å²) in [5.41, 5.74) is 7.39. The average molecular weight is 311 g/mol. The molecule has 0 unspecified atom stereocenters. The fraction of sp³-hybridized carbons (Fsp3) is 0.353. The Morgan fingerprint density at radius 1 is 1.22 bits per heavy atom. The van der Waals surface area contributed by atoms with Crippen molar-refractivity contribution < 1.29 is 4.79 Å². The number of hydrogen-bond acceptors (Lipinski definition) is 5. The summed E-state index contributed by atoms with van der Waals surface area (Å²) in [4.78, 5) is 14.3. The van der Waals surface area contributed by atoms with Crippen LogP contribution >= 0.6 is 0 Å². The minimum absolute atomic E-state index is 0.174. The summed E-state index contributed by atoms with van der Waals surface area (Å²) < 4.78 is 0. The molecule has 1 amide bonds. The summed E-state index contributed by atoms with van der Waals surface area (Å²) in [6.45, 7) is 1.54. The Kier molecular flexibility index (Phi) is 4.71. The van der Waals surface area contributed by atoms with E-state index in [2.05, 4.69) is 15.5 Å². The minimum Gasteiger partial charge on any atom is -0.399 e. The number of anilines is 2. The fourth-order valence-electron chi connectivity index (χ4n) is 2.78. The highest BCUT2D eigenvalue weighted by atomic mass is 16.2. The lowest BCUT2D eigenvalue weighted by atomic mass is 10.0. The van der Waals surface area contributed by atoms with Gasteiger partial charge in [-0.05, 0) is 42.7 Å². The first kappa shape index (κ1) is 15.3. The van der Waals surface area contributed by atoms with Crippen LogP contribution in [0.4, 0.5) is 11.5 Å². The number of likely N-dealkylation sites (tertiary alicyclic amines) is 1. The molecule has 3 N–H and O–H groups in total. The maximum Gasteiger partial charge on any atom is 0.226 e. The van der Waals surface area contributed by atoms with Crippen LogP contribution in [0.2, 0.25) is 0 Å². The largest absolute Gasteiger partial charge is 0.399 e. The van der Waals surface area contributed by atoms with Crippen LogP contribution in [0, 0.1) is 0 Å². The molecule has 120 valence electrons. The molecule has 0 bridgehead atoms. The van der Waals surface area contributed by atoms with Gasteiger partial charge in [0.1, 0.15) is 5.82 Å². The number of amides is 1. The third-order valence-corrected chi connectivity index (χ3v) is 4.11. The highest BCUT2D eigenvalue weighted by molar-refractivity contribution is 5.79. The Hall–Kier alpha value is -2.63. The molecule has 1 aromatic heterocycles. The summed E-state index contributed by atoms with van der Waals surface area (Å²) in [5.74, 6) is 0.965. The molecule has 0 spiro atoms. The number of benzene rings is 1. The zero-order valence-electron chi connectivity index (χ0n) is 13.0. The monoisotopic (exact) mass is 311 g/mol. The SMILES string of the molecule is Nc1ccc(CC(=O)N2CCC(Nc3cccnn3)CC2)cc1. The van der Waals surface area contributed by atoms with Gasteiger partial charge in [-0.15, -0.1) is 5.10 Å². The molecule has 1 saturated heterocycles. The molecule has 23 heavy (non-hydrogen) atoms. The number of carbonyl (C=O) groups excluding carboxylic acids is 1. The van der Waals surface area contributed by atoms with E-state index in [0.29, 0.717) is 12.5 Å². The topological polar surface area (TPSA) is 84.1 Å². The van der Waals surface area contributed by atoms with Gasteiger partial charge in [-0.2, -0.15) is 5.10 Å². The second-order valence-corrected chi connectivity index (χ2v) is 5.83. The van der Waals surface area contributed by atoms with Crippen LogP contribution in [0.1, 0.15) is 18.4 Å². The van der Waals surface area contributed by atoms with E-state index in [0.717, 1.165) is 43.0 Å². The number of nitrogen functional groups attached to an aromatic ring is 1. The first-order valence-electron chi connectivity index (χ1n) is 7.87. The lowest BCUT2D eigenvalue weighted by molar-refractivity contribution is -0.131. The number of nitrogens with two attached hydrogens (primary N) is 1. The normalized spacial score (nSPS) is 15.4. The van der Waals surface area contributed by atoms with Crippen LogP contribution in [-0.4, -0.2) is 40.1 Å². The van der Waals surface area contributed by atoms with Crippen molar-refractivity contribution in [3.8, 4) is 0 Å². The van der Waals surface area contributed by atoms with Gasteiger partial charge in [0.15, 0.2) is 0 Å². The van der Waals surface area contributed by atoms with Crippen LogP contribution in [0.25, 0.3) is 0 Å². The first-order valence-corrected chi connectivity index (χ1v) is 7.87. The standard InChI is InChI=1S/C17H21N5O/c18-14-5-3-13(4-6-14)12-17(23)22-10-7-15(8-11-22)20-16-2-1-9-19-21-16/h1-6,9,15H,7-8,10-12,18H2,(H,20,21). The number of piperidine rings is 1. The van der Waals surface area contributed by atoms with Crippen molar-refractivity contribution >= 4 is 17.4 Å². The maximum absolute atomic E-state index is 12.4. The number of aromatic nitrogens is 2. The number of hydrogen-bond donors (Lipinski definition) is 2. The minimum atomic E-state index is 0.174. The second kappa shape index (κ2) is 7.09. The zero-order chi connectivity index (χ0) is 16.1. The van der Waals surface area contributed by atoms with Crippen molar-refractivity contribution in [2.24, 2.45) is 0 Å². The Bertz CT molecular complexity index is 636. The summed E-state index contributed by atoms with van der Waals surface area (Å²) >= 11 is 0. The van der Waals surface area contributed by atoms with Gasteiger partial charge in [-0.25, -0.2) is 0 Å². The van der Waals surface area contributed by atoms with Gasteiger partial charge in [0.05, 0.1) is 6.42 Å². The molecule has 0 saturated carbocycles. The summed E-state index contributed by atoms with van der Waals surface area (Å²) in [6.07, 6.45) is 3.93. The molecule has 0 atom stereocenters. The quantitative estimate of drug-likeness (QED) is 0.840. The molecule has 6 nitrogen and oxygen atoms in total. The summed E-state index contributed by atoms with van der Waals surface area (Å²) in [5, 5.41) is 11.3. The van der Waals surface area contributed by atoms with E-state index in [4.69, 9.17) is 5.73 Å². The van der Waals surface area contributed by atoms with Gasteiger partial charge >= 0.3 is 0 Å². The van der Waals surface area contributed by atoms with Crippen molar-refractivity contribution in [2.75, 3.05) is 24.1 Å². The predicted octanol–water partition coefficient (Wildman–Crippen LogP) is 1.70. The third-order valence-electron chi connectivity index (χ3n) is 4.11. The molecule has 2 heterocycles. The van der Waals surface area contributed by atoms with E-state index in [1.165, 1.54) is 0 Å². The predicted molar refractivity (Wildman–Crippen MR) is 89.8 cm³/mol. The van der Waals surface area contributed by atoms with Gasteiger partial charge < -0.3 is 16.0 Å². The van der Waals surface area contributed by atoms with E-state index in [1.807, 2.05) is 41.3 Å². The van der Waals surface area contributed by atoms with E-state index < -0.39 is 0 Å². The number of rotatable bonds is 4. The van der Waals surface area contributed by atoms with Crippen molar-refractivity contribution in [1.82, 2.24) is 15.1 Å². The van der Waals surface area contributed by atoms with Crippen molar-refractivity contribution in [1.29, 1.82) is 0 Å². The van der Waals surface area contributed by atoms with E-state index in [1.54, 1.807) is 6.20 Å². The van der Waals surface area contributed by atoms with Gasteiger partial charge in [0.25, 0.3) is 0 Å².